The van der Waals surface area contributed by atoms with Crippen molar-refractivity contribution in [2.45, 2.75) is 57.5 Å². The van der Waals surface area contributed by atoms with Gasteiger partial charge in [-0.25, -0.2) is 8.42 Å². The number of sulfonamides is 1. The summed E-state index contributed by atoms with van der Waals surface area (Å²) in [7, 11) is -3.05. The van der Waals surface area contributed by atoms with Crippen molar-refractivity contribution >= 4 is 10.0 Å². The maximum absolute atomic E-state index is 12.4. The second-order valence-electron chi connectivity index (χ2n) is 5.24. The van der Waals surface area contributed by atoms with Crippen LogP contribution < -0.4 is 5.32 Å². The maximum atomic E-state index is 12.4. The summed E-state index contributed by atoms with van der Waals surface area (Å²) in [6.45, 7) is 3.78. The van der Waals surface area contributed by atoms with Crippen LogP contribution in [0.2, 0.25) is 0 Å². The fourth-order valence-electron chi connectivity index (χ4n) is 3.00. The molecule has 2 saturated heterocycles. The van der Waals surface area contributed by atoms with Crippen molar-refractivity contribution < 1.29 is 8.42 Å². The van der Waals surface area contributed by atoms with Crippen molar-refractivity contribution in [1.82, 2.24) is 9.62 Å². The van der Waals surface area contributed by atoms with Crippen molar-refractivity contribution in [1.29, 1.82) is 0 Å². The molecule has 0 aromatic rings. The Kier molecular flexibility index (Phi) is 4.44. The Morgan fingerprint density at radius 1 is 1.24 bits per heavy atom. The molecule has 2 heterocycles. The molecule has 2 aliphatic heterocycles. The second-order valence-corrected chi connectivity index (χ2v) is 7.21. The first-order valence-corrected chi connectivity index (χ1v) is 8.47. The van der Waals surface area contributed by atoms with Crippen molar-refractivity contribution in [2.75, 3.05) is 18.8 Å². The van der Waals surface area contributed by atoms with Gasteiger partial charge in [-0.15, -0.1) is 0 Å². The number of piperidine rings is 1. The van der Waals surface area contributed by atoms with Gasteiger partial charge in [0.1, 0.15) is 0 Å². The van der Waals surface area contributed by atoms with Crippen LogP contribution in [-0.4, -0.2) is 43.6 Å². The monoisotopic (exact) mass is 260 g/mol. The first kappa shape index (κ1) is 13.3. The third-order valence-electron chi connectivity index (χ3n) is 3.98. The molecule has 2 unspecified atom stereocenters. The first-order chi connectivity index (χ1) is 8.13. The summed E-state index contributed by atoms with van der Waals surface area (Å²) in [5.74, 6) is 0.295. The number of rotatable bonds is 4. The maximum Gasteiger partial charge on any atom is 0.215 e. The summed E-state index contributed by atoms with van der Waals surface area (Å²) in [6, 6.07) is 0.426. The van der Waals surface area contributed by atoms with Crippen molar-refractivity contribution in [2.24, 2.45) is 0 Å². The summed E-state index contributed by atoms with van der Waals surface area (Å²) in [6.07, 6.45) is 6.34. The Morgan fingerprint density at radius 3 is 2.71 bits per heavy atom. The molecule has 4 nitrogen and oxygen atoms in total. The summed E-state index contributed by atoms with van der Waals surface area (Å²) >= 11 is 0. The standard InChI is InChI=1S/C12H24N2O2S/c1-2-12-7-5-9-14(12)17(15,16)10-11-6-3-4-8-13-11/h11-13H,2-10H2,1H3. The van der Waals surface area contributed by atoms with Crippen LogP contribution in [0, 0.1) is 0 Å². The zero-order valence-corrected chi connectivity index (χ0v) is 11.5. The van der Waals surface area contributed by atoms with Gasteiger partial charge >= 0.3 is 0 Å². The van der Waals surface area contributed by atoms with Crippen molar-refractivity contribution in [3.8, 4) is 0 Å². The highest BCUT2D eigenvalue weighted by Crippen LogP contribution is 2.24. The molecule has 0 aliphatic carbocycles. The fourth-order valence-corrected chi connectivity index (χ4v) is 5.10. The molecule has 17 heavy (non-hydrogen) atoms. The third-order valence-corrected chi connectivity index (χ3v) is 5.99. The Hall–Kier alpha value is -0.130. The largest absolute Gasteiger partial charge is 0.313 e. The zero-order valence-electron chi connectivity index (χ0n) is 10.7. The third kappa shape index (κ3) is 3.20. The normalized spacial score (nSPS) is 31.8. The number of nitrogens with one attached hydrogen (secondary N) is 1. The highest BCUT2D eigenvalue weighted by Gasteiger charge is 2.34. The minimum absolute atomic E-state index is 0.173. The number of nitrogens with zero attached hydrogens (tertiary/aromatic N) is 1. The van der Waals surface area contributed by atoms with Gasteiger partial charge in [0.2, 0.25) is 10.0 Å². The molecule has 0 saturated carbocycles. The van der Waals surface area contributed by atoms with Crippen LogP contribution in [0.5, 0.6) is 0 Å². The molecule has 5 heteroatoms. The molecule has 0 spiro atoms. The van der Waals surface area contributed by atoms with Gasteiger partial charge in [0.25, 0.3) is 0 Å². The number of hydrogen-bond donors (Lipinski definition) is 1. The molecule has 0 amide bonds. The molecular formula is C12H24N2O2S. The van der Waals surface area contributed by atoms with Crippen LogP contribution in [0.1, 0.15) is 45.4 Å². The van der Waals surface area contributed by atoms with Gasteiger partial charge in [0.05, 0.1) is 5.75 Å². The molecular weight excluding hydrogens is 236 g/mol. The lowest BCUT2D eigenvalue weighted by Crippen LogP contribution is -2.45. The average molecular weight is 260 g/mol. The summed E-state index contributed by atoms with van der Waals surface area (Å²) in [5, 5.41) is 3.33. The Bertz CT molecular complexity index is 336. The van der Waals surface area contributed by atoms with Crippen LogP contribution in [0.15, 0.2) is 0 Å². The van der Waals surface area contributed by atoms with Crippen molar-refractivity contribution in [3.05, 3.63) is 0 Å². The van der Waals surface area contributed by atoms with E-state index in [-0.39, 0.29) is 12.1 Å². The summed E-state index contributed by atoms with van der Waals surface area (Å²) < 4.78 is 26.5. The predicted molar refractivity (Wildman–Crippen MR) is 69.4 cm³/mol. The van der Waals surface area contributed by atoms with E-state index in [0.717, 1.165) is 45.2 Å². The van der Waals surface area contributed by atoms with E-state index in [1.165, 1.54) is 6.42 Å². The molecule has 2 fully saturated rings. The van der Waals surface area contributed by atoms with E-state index in [0.29, 0.717) is 5.75 Å². The summed E-state index contributed by atoms with van der Waals surface area (Å²) in [5.41, 5.74) is 0. The molecule has 2 rings (SSSR count). The van der Waals surface area contributed by atoms with Gasteiger partial charge in [0, 0.05) is 18.6 Å². The smallest absolute Gasteiger partial charge is 0.215 e. The fraction of sp³-hybridized carbons (Fsp3) is 1.00. The number of hydrogen-bond acceptors (Lipinski definition) is 3. The van der Waals surface area contributed by atoms with Gasteiger partial charge in [-0.1, -0.05) is 13.3 Å². The zero-order chi connectivity index (χ0) is 12.3. The van der Waals surface area contributed by atoms with Gasteiger partial charge in [0.15, 0.2) is 0 Å². The van der Waals surface area contributed by atoms with Crippen LogP contribution >= 0.6 is 0 Å². The summed E-state index contributed by atoms with van der Waals surface area (Å²) in [4.78, 5) is 0. The van der Waals surface area contributed by atoms with E-state index in [1.807, 2.05) is 0 Å². The van der Waals surface area contributed by atoms with Crippen LogP contribution in [0.4, 0.5) is 0 Å². The van der Waals surface area contributed by atoms with E-state index in [9.17, 15) is 8.42 Å². The van der Waals surface area contributed by atoms with E-state index in [2.05, 4.69) is 12.2 Å². The second kappa shape index (κ2) is 5.67. The van der Waals surface area contributed by atoms with Gasteiger partial charge in [-0.2, -0.15) is 4.31 Å². The predicted octanol–water partition coefficient (Wildman–Crippen LogP) is 1.33. The van der Waals surface area contributed by atoms with Crippen LogP contribution in [0.3, 0.4) is 0 Å². The lowest BCUT2D eigenvalue weighted by Gasteiger charge is -2.28. The van der Waals surface area contributed by atoms with E-state index >= 15 is 0 Å². The SMILES string of the molecule is CCC1CCCN1S(=O)(=O)CC1CCCCN1. The Morgan fingerprint density at radius 2 is 2.06 bits per heavy atom. The molecule has 0 radical (unpaired) electrons. The van der Waals surface area contributed by atoms with Gasteiger partial charge in [-0.3, -0.25) is 0 Å². The Labute approximate surface area is 105 Å². The topological polar surface area (TPSA) is 49.4 Å². The molecule has 0 aromatic heterocycles. The van der Waals surface area contributed by atoms with E-state index in [4.69, 9.17) is 0 Å². The molecule has 1 N–H and O–H groups in total. The minimum atomic E-state index is -3.05. The van der Waals surface area contributed by atoms with Crippen molar-refractivity contribution in [3.63, 3.8) is 0 Å². The quantitative estimate of drug-likeness (QED) is 0.829. The molecule has 0 bridgehead atoms. The molecule has 2 atom stereocenters. The lowest BCUT2D eigenvalue weighted by molar-refractivity contribution is 0.367. The Balaban J connectivity index is 1.97. The minimum Gasteiger partial charge on any atom is -0.313 e. The molecule has 0 aromatic carbocycles. The highest BCUT2D eigenvalue weighted by atomic mass is 32.2. The van der Waals surface area contributed by atoms with Crippen LogP contribution in [-0.2, 0) is 10.0 Å². The molecule has 100 valence electrons. The van der Waals surface area contributed by atoms with E-state index < -0.39 is 10.0 Å². The first-order valence-electron chi connectivity index (χ1n) is 6.86. The van der Waals surface area contributed by atoms with E-state index in [1.54, 1.807) is 4.31 Å². The lowest BCUT2D eigenvalue weighted by atomic mass is 10.1. The van der Waals surface area contributed by atoms with Gasteiger partial charge in [-0.05, 0) is 38.6 Å². The highest BCUT2D eigenvalue weighted by molar-refractivity contribution is 7.89. The average Bonchev–Trinajstić information content (AvgIpc) is 2.78. The molecule has 2 aliphatic rings. The van der Waals surface area contributed by atoms with Crippen LogP contribution in [0.25, 0.3) is 0 Å². The van der Waals surface area contributed by atoms with Gasteiger partial charge < -0.3 is 5.32 Å².